The summed E-state index contributed by atoms with van der Waals surface area (Å²) in [5, 5.41) is 15.0. The number of rotatable bonds is 6. The van der Waals surface area contributed by atoms with E-state index in [1.807, 2.05) is 60.8 Å². The van der Waals surface area contributed by atoms with Gasteiger partial charge in [-0.05, 0) is 41.8 Å². The third kappa shape index (κ3) is 4.10. The second-order valence-electron chi connectivity index (χ2n) is 5.85. The van der Waals surface area contributed by atoms with E-state index in [9.17, 15) is 9.90 Å². The van der Waals surface area contributed by atoms with Gasteiger partial charge in [0.05, 0.1) is 11.4 Å². The number of hydrogen-bond donors (Lipinski definition) is 2. The number of aliphatic hydroxyl groups is 1. The molecule has 5 nitrogen and oxygen atoms in total. The van der Waals surface area contributed by atoms with E-state index in [2.05, 4.69) is 5.32 Å². The molecule has 0 radical (unpaired) electrons. The molecule has 0 spiro atoms. The zero-order valence-electron chi connectivity index (χ0n) is 14.1. The molecule has 1 aromatic carbocycles. The Kier molecular flexibility index (Phi) is 5.21. The largest absolute Gasteiger partial charge is 0.457 e. The molecule has 2 aromatic heterocycles. The van der Waals surface area contributed by atoms with Crippen LogP contribution in [0, 0.1) is 0 Å². The van der Waals surface area contributed by atoms with Crippen molar-refractivity contribution in [1.29, 1.82) is 0 Å². The maximum absolute atomic E-state index is 12.3. The van der Waals surface area contributed by atoms with Crippen LogP contribution in [0.3, 0.4) is 0 Å². The quantitative estimate of drug-likeness (QED) is 0.709. The number of furan rings is 1. The third-order valence-corrected chi connectivity index (χ3v) is 4.68. The summed E-state index contributed by atoms with van der Waals surface area (Å²) >= 11 is 1.57. The predicted molar refractivity (Wildman–Crippen MR) is 100 cm³/mol. The molecule has 2 heterocycles. The van der Waals surface area contributed by atoms with Crippen molar-refractivity contribution >= 4 is 22.9 Å². The smallest absolute Gasteiger partial charge is 0.251 e. The number of amides is 1. The van der Waals surface area contributed by atoms with Gasteiger partial charge in [0.1, 0.15) is 17.6 Å². The standard InChI is InChI=1S/C19H20N2O3S/c1-21(2)14-6-3-5-13(11-14)19(23)20-12-15(22)16-8-9-17(24-16)18-7-4-10-25-18/h3-11,15,22H,12H2,1-2H3,(H,20,23). The molecular weight excluding hydrogens is 336 g/mol. The number of hydrogen-bond acceptors (Lipinski definition) is 5. The van der Waals surface area contributed by atoms with Gasteiger partial charge in [0.15, 0.2) is 0 Å². The summed E-state index contributed by atoms with van der Waals surface area (Å²) in [6, 6.07) is 14.8. The van der Waals surface area contributed by atoms with Gasteiger partial charge in [0.2, 0.25) is 0 Å². The van der Waals surface area contributed by atoms with Crippen LogP contribution < -0.4 is 10.2 Å². The Morgan fingerprint density at radius 1 is 1.24 bits per heavy atom. The fourth-order valence-corrected chi connectivity index (χ4v) is 3.09. The molecule has 3 rings (SSSR count). The summed E-state index contributed by atoms with van der Waals surface area (Å²) in [5.74, 6) is 0.924. The van der Waals surface area contributed by atoms with E-state index in [0.717, 1.165) is 10.6 Å². The lowest BCUT2D eigenvalue weighted by atomic mass is 10.1. The number of anilines is 1. The first kappa shape index (κ1) is 17.3. The van der Waals surface area contributed by atoms with Gasteiger partial charge in [-0.25, -0.2) is 0 Å². The Labute approximate surface area is 150 Å². The summed E-state index contributed by atoms with van der Waals surface area (Å²) in [6.45, 7) is 0.0857. The Hall–Kier alpha value is -2.57. The average Bonchev–Trinajstić information content (AvgIpc) is 3.30. The fraction of sp³-hybridized carbons (Fsp3) is 0.211. The molecule has 0 bridgehead atoms. The Morgan fingerprint density at radius 3 is 2.80 bits per heavy atom. The van der Waals surface area contributed by atoms with E-state index in [1.54, 1.807) is 23.5 Å². The zero-order valence-corrected chi connectivity index (χ0v) is 14.9. The van der Waals surface area contributed by atoms with Crippen molar-refractivity contribution in [3.05, 3.63) is 65.2 Å². The van der Waals surface area contributed by atoms with Crippen LogP contribution in [0.15, 0.2) is 58.3 Å². The van der Waals surface area contributed by atoms with E-state index >= 15 is 0 Å². The maximum atomic E-state index is 12.3. The Morgan fingerprint density at radius 2 is 2.08 bits per heavy atom. The van der Waals surface area contributed by atoms with Gasteiger partial charge in [-0.2, -0.15) is 0 Å². The van der Waals surface area contributed by atoms with Crippen LogP contribution in [-0.2, 0) is 0 Å². The molecule has 1 unspecified atom stereocenters. The molecule has 0 saturated carbocycles. The van der Waals surface area contributed by atoms with Crippen LogP contribution in [0.4, 0.5) is 5.69 Å². The van der Waals surface area contributed by atoms with Gasteiger partial charge < -0.3 is 19.7 Å². The van der Waals surface area contributed by atoms with Crippen LogP contribution in [0.2, 0.25) is 0 Å². The second kappa shape index (κ2) is 7.55. The van der Waals surface area contributed by atoms with Gasteiger partial charge in [-0.3, -0.25) is 4.79 Å². The first-order chi connectivity index (χ1) is 12.0. The molecule has 25 heavy (non-hydrogen) atoms. The summed E-state index contributed by atoms with van der Waals surface area (Å²) in [6.07, 6.45) is -0.894. The van der Waals surface area contributed by atoms with E-state index in [1.165, 1.54) is 0 Å². The maximum Gasteiger partial charge on any atom is 0.251 e. The number of aliphatic hydroxyl groups excluding tert-OH is 1. The molecule has 6 heteroatoms. The lowest BCUT2D eigenvalue weighted by Crippen LogP contribution is -2.28. The molecular formula is C19H20N2O3S. The van der Waals surface area contributed by atoms with E-state index in [4.69, 9.17) is 4.42 Å². The first-order valence-corrected chi connectivity index (χ1v) is 8.80. The van der Waals surface area contributed by atoms with Crippen molar-refractivity contribution in [3.63, 3.8) is 0 Å². The molecule has 2 N–H and O–H groups in total. The van der Waals surface area contributed by atoms with Crippen LogP contribution in [-0.4, -0.2) is 31.7 Å². The molecule has 1 atom stereocenters. The molecule has 0 aliphatic heterocycles. The fourth-order valence-electron chi connectivity index (χ4n) is 2.40. The van der Waals surface area contributed by atoms with Crippen LogP contribution in [0.25, 0.3) is 10.6 Å². The lowest BCUT2D eigenvalue weighted by molar-refractivity contribution is 0.0902. The summed E-state index contributed by atoms with van der Waals surface area (Å²) in [5.41, 5.74) is 1.50. The highest BCUT2D eigenvalue weighted by Crippen LogP contribution is 2.28. The minimum absolute atomic E-state index is 0.0857. The number of carbonyl (C=O) groups excluding carboxylic acids is 1. The summed E-state index contributed by atoms with van der Waals surface area (Å²) in [7, 11) is 3.84. The van der Waals surface area contributed by atoms with Gasteiger partial charge >= 0.3 is 0 Å². The minimum atomic E-state index is -0.894. The normalized spacial score (nSPS) is 12.0. The van der Waals surface area contributed by atoms with Crippen LogP contribution in [0.1, 0.15) is 22.2 Å². The molecule has 3 aromatic rings. The SMILES string of the molecule is CN(C)c1cccc(C(=O)NCC(O)c2ccc(-c3cccs3)o2)c1. The highest BCUT2D eigenvalue weighted by molar-refractivity contribution is 7.13. The van der Waals surface area contributed by atoms with Crippen molar-refractivity contribution < 1.29 is 14.3 Å². The Balaban J connectivity index is 1.61. The number of nitrogens with zero attached hydrogens (tertiary/aromatic N) is 1. The zero-order chi connectivity index (χ0) is 17.8. The van der Waals surface area contributed by atoms with Crippen LogP contribution >= 0.6 is 11.3 Å². The third-order valence-electron chi connectivity index (χ3n) is 3.80. The Bertz CT molecular complexity index is 840. The van der Waals surface area contributed by atoms with Gasteiger partial charge in [0.25, 0.3) is 5.91 Å². The second-order valence-corrected chi connectivity index (χ2v) is 6.80. The highest BCUT2D eigenvalue weighted by Gasteiger charge is 2.15. The summed E-state index contributed by atoms with van der Waals surface area (Å²) in [4.78, 5) is 15.2. The van der Waals surface area contributed by atoms with Gasteiger partial charge in [0, 0.05) is 25.3 Å². The van der Waals surface area contributed by atoms with Crippen LogP contribution in [0.5, 0.6) is 0 Å². The molecule has 130 valence electrons. The number of benzene rings is 1. The van der Waals surface area contributed by atoms with E-state index < -0.39 is 6.10 Å². The predicted octanol–water partition coefficient (Wildman–Crippen LogP) is 3.54. The average molecular weight is 356 g/mol. The van der Waals surface area contributed by atoms with Crippen molar-refractivity contribution in [2.24, 2.45) is 0 Å². The van der Waals surface area contributed by atoms with E-state index in [0.29, 0.717) is 17.1 Å². The monoisotopic (exact) mass is 356 g/mol. The van der Waals surface area contributed by atoms with Crippen molar-refractivity contribution in [2.45, 2.75) is 6.10 Å². The topological polar surface area (TPSA) is 65.7 Å². The molecule has 0 fully saturated rings. The molecule has 0 aliphatic rings. The van der Waals surface area contributed by atoms with Crippen molar-refractivity contribution in [1.82, 2.24) is 5.32 Å². The molecule has 0 aliphatic carbocycles. The number of thiophene rings is 1. The van der Waals surface area contributed by atoms with Crippen molar-refractivity contribution in [2.75, 3.05) is 25.5 Å². The molecule has 0 saturated heterocycles. The minimum Gasteiger partial charge on any atom is -0.457 e. The highest BCUT2D eigenvalue weighted by atomic mass is 32.1. The summed E-state index contributed by atoms with van der Waals surface area (Å²) < 4.78 is 5.68. The van der Waals surface area contributed by atoms with Crippen molar-refractivity contribution in [3.8, 4) is 10.6 Å². The van der Waals surface area contributed by atoms with E-state index in [-0.39, 0.29) is 12.5 Å². The molecule has 1 amide bonds. The van der Waals surface area contributed by atoms with Gasteiger partial charge in [-0.1, -0.05) is 12.1 Å². The first-order valence-electron chi connectivity index (χ1n) is 7.92. The lowest BCUT2D eigenvalue weighted by Gasteiger charge is -2.14. The number of carbonyl (C=O) groups is 1. The number of nitrogens with one attached hydrogen (secondary N) is 1. The van der Waals surface area contributed by atoms with Gasteiger partial charge in [-0.15, -0.1) is 11.3 Å².